The molecule has 1 aliphatic rings. The van der Waals surface area contributed by atoms with E-state index in [9.17, 15) is 9.18 Å². The summed E-state index contributed by atoms with van der Waals surface area (Å²) in [5.41, 5.74) is 1.48. The minimum absolute atomic E-state index is 0.0570. The maximum Gasteiger partial charge on any atom is 0.253 e. The van der Waals surface area contributed by atoms with Crippen molar-refractivity contribution >= 4 is 17.3 Å². The molecule has 1 amide bonds. The number of carbonyl (C=O) groups excluding carboxylic acids is 1. The predicted octanol–water partition coefficient (Wildman–Crippen LogP) is 2.33. The Bertz CT molecular complexity index is 411. The van der Waals surface area contributed by atoms with Crippen LogP contribution in [-0.2, 0) is 4.79 Å². The monoisotopic (exact) mass is 206 g/mol. The lowest BCUT2D eigenvalue weighted by Gasteiger charge is -2.10. The van der Waals surface area contributed by atoms with E-state index in [1.54, 1.807) is 12.1 Å². The highest BCUT2D eigenvalue weighted by Crippen LogP contribution is 2.21. The zero-order chi connectivity index (χ0) is 10.8. The Kier molecular flexibility index (Phi) is 2.49. The van der Waals surface area contributed by atoms with E-state index in [4.69, 9.17) is 0 Å². The van der Waals surface area contributed by atoms with Gasteiger partial charge in [-0.25, -0.2) is 9.40 Å². The first-order valence-electron chi connectivity index (χ1n) is 4.85. The SMILES string of the molecule is CCC1=NN(c2ccc(F)cc2)C(=O)C1. The molecule has 3 nitrogen and oxygen atoms in total. The Labute approximate surface area is 87.2 Å². The van der Waals surface area contributed by atoms with Crippen LogP contribution in [0.2, 0.25) is 0 Å². The average molecular weight is 206 g/mol. The second kappa shape index (κ2) is 3.81. The molecule has 1 aromatic rings. The molecule has 0 bridgehead atoms. The van der Waals surface area contributed by atoms with Crippen molar-refractivity contribution in [3.8, 4) is 0 Å². The zero-order valence-corrected chi connectivity index (χ0v) is 8.40. The van der Waals surface area contributed by atoms with E-state index in [1.807, 2.05) is 6.92 Å². The molecule has 0 atom stereocenters. The summed E-state index contributed by atoms with van der Waals surface area (Å²) in [5.74, 6) is -0.372. The van der Waals surface area contributed by atoms with Crippen LogP contribution in [0.15, 0.2) is 29.4 Å². The van der Waals surface area contributed by atoms with Gasteiger partial charge in [0, 0.05) is 5.71 Å². The molecule has 0 saturated heterocycles. The third kappa shape index (κ3) is 1.88. The topological polar surface area (TPSA) is 32.7 Å². The Morgan fingerprint density at radius 3 is 2.60 bits per heavy atom. The number of nitrogens with zero attached hydrogens (tertiary/aromatic N) is 2. The van der Waals surface area contributed by atoms with Crippen molar-refractivity contribution in [1.29, 1.82) is 0 Å². The molecule has 1 aromatic carbocycles. The number of benzene rings is 1. The fourth-order valence-corrected chi connectivity index (χ4v) is 1.46. The van der Waals surface area contributed by atoms with Crippen molar-refractivity contribution in [2.45, 2.75) is 19.8 Å². The molecule has 0 aromatic heterocycles. The summed E-state index contributed by atoms with van der Waals surface area (Å²) in [6, 6.07) is 5.74. The maximum atomic E-state index is 12.7. The van der Waals surface area contributed by atoms with Gasteiger partial charge in [0.2, 0.25) is 0 Å². The Balaban J connectivity index is 2.28. The van der Waals surface area contributed by atoms with Crippen LogP contribution in [0.4, 0.5) is 10.1 Å². The lowest BCUT2D eigenvalue weighted by molar-refractivity contribution is -0.116. The zero-order valence-electron chi connectivity index (χ0n) is 8.40. The molecule has 0 radical (unpaired) electrons. The summed E-state index contributed by atoms with van der Waals surface area (Å²) >= 11 is 0. The van der Waals surface area contributed by atoms with Gasteiger partial charge in [-0.3, -0.25) is 4.79 Å². The summed E-state index contributed by atoms with van der Waals surface area (Å²) in [6.45, 7) is 1.96. The number of anilines is 1. The number of hydrazone groups is 1. The van der Waals surface area contributed by atoms with Gasteiger partial charge in [0.05, 0.1) is 12.1 Å². The molecule has 0 N–H and O–H groups in total. The lowest BCUT2D eigenvalue weighted by Crippen LogP contribution is -2.19. The number of halogens is 1. The molecule has 0 aliphatic carbocycles. The average Bonchev–Trinajstić information content (AvgIpc) is 2.61. The minimum atomic E-state index is -0.315. The predicted molar refractivity (Wildman–Crippen MR) is 56.2 cm³/mol. The van der Waals surface area contributed by atoms with Gasteiger partial charge < -0.3 is 0 Å². The van der Waals surface area contributed by atoms with Gasteiger partial charge in [0.1, 0.15) is 5.82 Å². The molecule has 0 spiro atoms. The maximum absolute atomic E-state index is 12.7. The number of rotatable bonds is 2. The van der Waals surface area contributed by atoms with Gasteiger partial charge in [-0.05, 0) is 30.7 Å². The van der Waals surface area contributed by atoms with E-state index >= 15 is 0 Å². The molecule has 0 unspecified atom stereocenters. The van der Waals surface area contributed by atoms with Crippen molar-refractivity contribution in [1.82, 2.24) is 0 Å². The standard InChI is InChI=1S/C11H11FN2O/c1-2-9-7-11(15)14(13-9)10-5-3-8(12)4-6-10/h3-6H,2,7H2,1H3. The van der Waals surface area contributed by atoms with E-state index in [1.165, 1.54) is 17.1 Å². The molecule has 15 heavy (non-hydrogen) atoms. The first-order valence-corrected chi connectivity index (χ1v) is 4.85. The summed E-state index contributed by atoms with van der Waals surface area (Å²) in [6.07, 6.45) is 1.14. The quantitative estimate of drug-likeness (QED) is 0.730. The van der Waals surface area contributed by atoms with Crippen molar-refractivity contribution in [3.63, 3.8) is 0 Å². The molecule has 0 fully saturated rings. The van der Waals surface area contributed by atoms with Crippen molar-refractivity contribution < 1.29 is 9.18 Å². The van der Waals surface area contributed by atoms with Gasteiger partial charge in [0.15, 0.2) is 0 Å². The Hall–Kier alpha value is -1.71. The van der Waals surface area contributed by atoms with Crippen molar-refractivity contribution in [2.75, 3.05) is 5.01 Å². The molecule has 1 aliphatic heterocycles. The fourth-order valence-electron chi connectivity index (χ4n) is 1.46. The molecule has 2 rings (SSSR count). The third-order valence-corrected chi connectivity index (χ3v) is 2.31. The van der Waals surface area contributed by atoms with E-state index in [0.29, 0.717) is 12.1 Å². The van der Waals surface area contributed by atoms with Gasteiger partial charge in [0.25, 0.3) is 5.91 Å². The lowest BCUT2D eigenvalue weighted by atomic mass is 10.2. The van der Waals surface area contributed by atoms with Crippen LogP contribution < -0.4 is 5.01 Å². The van der Waals surface area contributed by atoms with E-state index in [0.717, 1.165) is 12.1 Å². The van der Waals surface area contributed by atoms with Crippen LogP contribution in [0.5, 0.6) is 0 Å². The molecular weight excluding hydrogens is 195 g/mol. The first-order chi connectivity index (χ1) is 7.20. The van der Waals surface area contributed by atoms with Crippen molar-refractivity contribution in [3.05, 3.63) is 30.1 Å². The fraction of sp³-hybridized carbons (Fsp3) is 0.273. The molecule has 78 valence electrons. The van der Waals surface area contributed by atoms with Crippen LogP contribution in [0.25, 0.3) is 0 Å². The van der Waals surface area contributed by atoms with Crippen LogP contribution in [0, 0.1) is 5.82 Å². The molecular formula is C11H11FN2O. The molecule has 0 saturated carbocycles. The number of amides is 1. The number of hydrogen-bond donors (Lipinski definition) is 0. The van der Waals surface area contributed by atoms with Crippen LogP contribution >= 0.6 is 0 Å². The third-order valence-electron chi connectivity index (χ3n) is 2.31. The second-order valence-corrected chi connectivity index (χ2v) is 3.38. The van der Waals surface area contributed by atoms with E-state index in [2.05, 4.69) is 5.10 Å². The van der Waals surface area contributed by atoms with Gasteiger partial charge in [-0.15, -0.1) is 0 Å². The van der Waals surface area contributed by atoms with E-state index < -0.39 is 0 Å². The summed E-state index contributed by atoms with van der Waals surface area (Å²) in [4.78, 5) is 11.5. The summed E-state index contributed by atoms with van der Waals surface area (Å²) < 4.78 is 12.7. The smallest absolute Gasteiger partial charge is 0.253 e. The highest BCUT2D eigenvalue weighted by molar-refractivity contribution is 6.12. The number of carbonyl (C=O) groups is 1. The van der Waals surface area contributed by atoms with Gasteiger partial charge in [-0.2, -0.15) is 5.10 Å². The summed E-state index contributed by atoms with van der Waals surface area (Å²) in [5, 5.41) is 5.50. The summed E-state index contributed by atoms with van der Waals surface area (Å²) in [7, 11) is 0. The minimum Gasteiger partial charge on any atom is -0.272 e. The Morgan fingerprint density at radius 2 is 2.07 bits per heavy atom. The normalized spacial score (nSPS) is 15.7. The largest absolute Gasteiger partial charge is 0.272 e. The second-order valence-electron chi connectivity index (χ2n) is 3.38. The van der Waals surface area contributed by atoms with Crippen LogP contribution in [0.1, 0.15) is 19.8 Å². The van der Waals surface area contributed by atoms with Crippen LogP contribution in [0.3, 0.4) is 0 Å². The number of hydrogen-bond acceptors (Lipinski definition) is 2. The van der Waals surface area contributed by atoms with Gasteiger partial charge in [-0.1, -0.05) is 6.92 Å². The first kappa shape index (κ1) is 9.83. The Morgan fingerprint density at radius 1 is 1.40 bits per heavy atom. The highest BCUT2D eigenvalue weighted by atomic mass is 19.1. The molecule has 1 heterocycles. The van der Waals surface area contributed by atoms with Crippen LogP contribution in [-0.4, -0.2) is 11.6 Å². The highest BCUT2D eigenvalue weighted by Gasteiger charge is 2.23. The van der Waals surface area contributed by atoms with Gasteiger partial charge >= 0.3 is 0 Å². The van der Waals surface area contributed by atoms with Crippen molar-refractivity contribution in [2.24, 2.45) is 5.10 Å². The molecule has 4 heteroatoms. The van der Waals surface area contributed by atoms with E-state index in [-0.39, 0.29) is 11.7 Å².